The highest BCUT2D eigenvalue weighted by Gasteiger charge is 2.64. The summed E-state index contributed by atoms with van der Waals surface area (Å²) in [6.45, 7) is 0. The Bertz CT molecular complexity index is 830. The van der Waals surface area contributed by atoms with E-state index in [9.17, 15) is 9.59 Å². The SMILES string of the molecule is COC(=O)C1(C(=O)OC)N=C(c2ccc(OC)cc2)C1c1ccccn1. The van der Waals surface area contributed by atoms with Gasteiger partial charge in [0.25, 0.3) is 5.54 Å². The van der Waals surface area contributed by atoms with Crippen LogP contribution in [0.5, 0.6) is 5.75 Å². The molecular weight excluding hydrogens is 336 g/mol. The molecule has 0 saturated carbocycles. The highest BCUT2D eigenvalue weighted by Crippen LogP contribution is 2.45. The van der Waals surface area contributed by atoms with Crippen molar-refractivity contribution in [3.05, 3.63) is 59.9 Å². The second-order valence-corrected chi connectivity index (χ2v) is 5.66. The van der Waals surface area contributed by atoms with Gasteiger partial charge in [-0.3, -0.25) is 9.98 Å². The lowest BCUT2D eigenvalue weighted by atomic mass is 9.70. The normalized spacial score (nSPS) is 17.5. The van der Waals surface area contributed by atoms with Crippen LogP contribution in [0.25, 0.3) is 0 Å². The van der Waals surface area contributed by atoms with Crippen LogP contribution < -0.4 is 4.74 Å². The van der Waals surface area contributed by atoms with E-state index in [0.717, 1.165) is 5.56 Å². The van der Waals surface area contributed by atoms with E-state index in [1.165, 1.54) is 14.2 Å². The second-order valence-electron chi connectivity index (χ2n) is 5.66. The number of esters is 2. The van der Waals surface area contributed by atoms with E-state index in [0.29, 0.717) is 17.2 Å². The second kappa shape index (κ2) is 6.95. The molecule has 1 unspecified atom stereocenters. The number of hydrogen-bond donors (Lipinski definition) is 0. The van der Waals surface area contributed by atoms with Crippen LogP contribution in [0, 0.1) is 0 Å². The predicted octanol–water partition coefficient (Wildman–Crippen LogP) is 1.76. The average Bonchev–Trinajstić information content (AvgIpc) is 2.68. The lowest BCUT2D eigenvalue weighted by Gasteiger charge is -2.41. The van der Waals surface area contributed by atoms with Gasteiger partial charge in [-0.15, -0.1) is 0 Å². The van der Waals surface area contributed by atoms with Crippen molar-refractivity contribution in [2.75, 3.05) is 21.3 Å². The summed E-state index contributed by atoms with van der Waals surface area (Å²) in [7, 11) is 4.00. The van der Waals surface area contributed by atoms with Gasteiger partial charge >= 0.3 is 11.9 Å². The minimum absolute atomic E-state index is 0.532. The van der Waals surface area contributed by atoms with Crippen molar-refractivity contribution in [3.8, 4) is 5.75 Å². The zero-order chi connectivity index (χ0) is 18.7. The Morgan fingerprint density at radius 1 is 0.962 bits per heavy atom. The lowest BCUT2D eigenvalue weighted by Crippen LogP contribution is -2.60. The molecule has 1 aromatic heterocycles. The van der Waals surface area contributed by atoms with Crippen LogP contribution in [0.2, 0.25) is 0 Å². The molecular formula is C19H18N2O5. The van der Waals surface area contributed by atoms with E-state index >= 15 is 0 Å². The van der Waals surface area contributed by atoms with Crippen LogP contribution >= 0.6 is 0 Å². The molecule has 134 valence electrons. The summed E-state index contributed by atoms with van der Waals surface area (Å²) >= 11 is 0. The van der Waals surface area contributed by atoms with Gasteiger partial charge in [0.15, 0.2) is 0 Å². The molecule has 0 bridgehead atoms. The van der Waals surface area contributed by atoms with E-state index in [4.69, 9.17) is 14.2 Å². The molecule has 26 heavy (non-hydrogen) atoms. The molecule has 0 N–H and O–H groups in total. The van der Waals surface area contributed by atoms with Gasteiger partial charge in [-0.1, -0.05) is 6.07 Å². The topological polar surface area (TPSA) is 87.1 Å². The standard InChI is InChI=1S/C19H18N2O5/c1-24-13-9-7-12(8-10-13)16-15(14-6-4-5-11-20-14)19(21-16,17(22)25-2)18(23)26-3/h4-11,15H,1-3H3. The van der Waals surface area contributed by atoms with Crippen molar-refractivity contribution in [2.24, 2.45) is 4.99 Å². The molecule has 0 saturated heterocycles. The number of nitrogens with zero attached hydrogens (tertiary/aromatic N) is 2. The fourth-order valence-electron chi connectivity index (χ4n) is 3.07. The van der Waals surface area contributed by atoms with E-state index in [2.05, 4.69) is 9.98 Å². The Labute approximate surface area is 150 Å². The number of rotatable bonds is 5. The van der Waals surface area contributed by atoms with Crippen LogP contribution in [-0.2, 0) is 19.1 Å². The van der Waals surface area contributed by atoms with Gasteiger partial charge in [-0.25, -0.2) is 9.59 Å². The van der Waals surface area contributed by atoms with Gasteiger partial charge in [0.2, 0.25) is 0 Å². The number of aromatic nitrogens is 1. The number of methoxy groups -OCH3 is 3. The lowest BCUT2D eigenvalue weighted by molar-refractivity contribution is -0.162. The third-order valence-electron chi connectivity index (χ3n) is 4.35. The summed E-state index contributed by atoms with van der Waals surface area (Å²) in [6.07, 6.45) is 1.60. The highest BCUT2D eigenvalue weighted by molar-refractivity contribution is 6.23. The molecule has 3 rings (SSSR count). The number of pyridine rings is 1. The van der Waals surface area contributed by atoms with E-state index in [1.54, 1.807) is 43.6 Å². The Morgan fingerprint density at radius 3 is 2.12 bits per heavy atom. The maximum atomic E-state index is 12.5. The summed E-state index contributed by atoms with van der Waals surface area (Å²) in [5.74, 6) is -1.58. The number of carbonyl (C=O) groups is 2. The molecule has 1 aliphatic heterocycles. The molecule has 0 amide bonds. The Hall–Kier alpha value is -3.22. The first-order chi connectivity index (χ1) is 12.6. The fraction of sp³-hybridized carbons (Fsp3) is 0.263. The zero-order valence-electron chi connectivity index (χ0n) is 14.6. The summed E-state index contributed by atoms with van der Waals surface area (Å²) in [6, 6.07) is 12.5. The first kappa shape index (κ1) is 17.6. The van der Waals surface area contributed by atoms with Crippen molar-refractivity contribution >= 4 is 17.7 Å². The predicted molar refractivity (Wildman–Crippen MR) is 93.3 cm³/mol. The minimum atomic E-state index is -1.80. The quantitative estimate of drug-likeness (QED) is 0.601. The maximum Gasteiger partial charge on any atom is 0.346 e. The van der Waals surface area contributed by atoms with Crippen LogP contribution in [0.1, 0.15) is 17.2 Å². The summed E-state index contributed by atoms with van der Waals surface area (Å²) < 4.78 is 14.9. The third-order valence-corrected chi connectivity index (χ3v) is 4.35. The molecule has 7 heteroatoms. The van der Waals surface area contributed by atoms with Gasteiger partial charge in [0, 0.05) is 6.20 Å². The first-order valence-corrected chi connectivity index (χ1v) is 7.90. The van der Waals surface area contributed by atoms with Crippen LogP contribution in [0.15, 0.2) is 53.7 Å². The highest BCUT2D eigenvalue weighted by atomic mass is 16.5. The Balaban J connectivity index is 2.15. The van der Waals surface area contributed by atoms with Crippen molar-refractivity contribution in [1.82, 2.24) is 4.98 Å². The minimum Gasteiger partial charge on any atom is -0.497 e. The largest absolute Gasteiger partial charge is 0.497 e. The Morgan fingerprint density at radius 2 is 1.62 bits per heavy atom. The number of carbonyl (C=O) groups excluding carboxylic acids is 2. The van der Waals surface area contributed by atoms with Crippen LogP contribution in [0.4, 0.5) is 0 Å². The van der Waals surface area contributed by atoms with Crippen LogP contribution in [0.3, 0.4) is 0 Å². The first-order valence-electron chi connectivity index (χ1n) is 7.90. The molecule has 1 aromatic carbocycles. The summed E-state index contributed by atoms with van der Waals surface area (Å²) in [5.41, 5.74) is 0.0452. The molecule has 2 aromatic rings. The maximum absolute atomic E-state index is 12.5. The van der Waals surface area contributed by atoms with Gasteiger partial charge in [-0.2, -0.15) is 0 Å². The van der Waals surface area contributed by atoms with Crippen molar-refractivity contribution in [2.45, 2.75) is 11.5 Å². The van der Waals surface area contributed by atoms with E-state index < -0.39 is 23.4 Å². The van der Waals surface area contributed by atoms with Crippen molar-refractivity contribution < 1.29 is 23.8 Å². The molecule has 7 nitrogen and oxygen atoms in total. The average molecular weight is 354 g/mol. The molecule has 0 fully saturated rings. The Kier molecular flexibility index (Phi) is 4.71. The number of hydrogen-bond acceptors (Lipinski definition) is 7. The third kappa shape index (κ3) is 2.61. The molecule has 1 atom stereocenters. The summed E-state index contributed by atoms with van der Waals surface area (Å²) in [4.78, 5) is 33.7. The fourth-order valence-corrected chi connectivity index (χ4v) is 3.07. The molecule has 0 aliphatic carbocycles. The number of ether oxygens (including phenoxy) is 3. The van der Waals surface area contributed by atoms with E-state index in [-0.39, 0.29) is 0 Å². The van der Waals surface area contributed by atoms with Gasteiger partial charge in [0.05, 0.1) is 38.7 Å². The molecule has 0 spiro atoms. The van der Waals surface area contributed by atoms with Crippen molar-refractivity contribution in [1.29, 1.82) is 0 Å². The van der Waals surface area contributed by atoms with Crippen molar-refractivity contribution in [3.63, 3.8) is 0 Å². The van der Waals surface area contributed by atoms with Gasteiger partial charge in [-0.05, 0) is 42.0 Å². The number of benzene rings is 1. The van der Waals surface area contributed by atoms with Gasteiger partial charge in [0.1, 0.15) is 5.75 Å². The van der Waals surface area contributed by atoms with E-state index in [1.807, 2.05) is 12.1 Å². The zero-order valence-corrected chi connectivity index (χ0v) is 14.6. The van der Waals surface area contributed by atoms with Crippen LogP contribution in [-0.4, -0.2) is 49.5 Å². The van der Waals surface area contributed by atoms with Gasteiger partial charge < -0.3 is 14.2 Å². The monoisotopic (exact) mass is 354 g/mol. The number of aliphatic imine (C=N–C) groups is 1. The smallest absolute Gasteiger partial charge is 0.346 e. The molecule has 2 heterocycles. The summed E-state index contributed by atoms with van der Waals surface area (Å²) in [5, 5.41) is 0. The molecule has 0 radical (unpaired) electrons. The molecule has 1 aliphatic rings.